The lowest BCUT2D eigenvalue weighted by Gasteiger charge is -2.25. The predicted molar refractivity (Wildman–Crippen MR) is 51.8 cm³/mol. The smallest absolute Gasteiger partial charge is 0.106 e. The molecule has 0 bridgehead atoms. The van der Waals surface area contributed by atoms with Crippen LogP contribution in [-0.4, -0.2) is 11.5 Å². The van der Waals surface area contributed by atoms with Gasteiger partial charge in [-0.25, -0.2) is 10.8 Å². The highest BCUT2D eigenvalue weighted by Crippen LogP contribution is 2.24. The maximum atomic E-state index is 5.77. The van der Waals surface area contributed by atoms with E-state index in [-0.39, 0.29) is 0 Å². The van der Waals surface area contributed by atoms with Crippen molar-refractivity contribution >= 4 is 21.6 Å². The molecule has 0 amide bonds. The molecule has 12 heavy (non-hydrogen) atoms. The van der Waals surface area contributed by atoms with Crippen molar-refractivity contribution in [3.8, 4) is 0 Å². The molecule has 0 spiro atoms. The van der Waals surface area contributed by atoms with Crippen LogP contribution in [0.3, 0.4) is 0 Å². The first-order chi connectivity index (χ1) is 5.77. The third kappa shape index (κ3) is 1.32. The first kappa shape index (κ1) is 8.01. The van der Waals surface area contributed by atoms with Gasteiger partial charge in [0.15, 0.2) is 0 Å². The number of hydrogen-bond donors (Lipinski definition) is 1. The van der Waals surface area contributed by atoms with Crippen molar-refractivity contribution in [3.63, 3.8) is 0 Å². The highest BCUT2D eigenvalue weighted by atomic mass is 79.9. The lowest BCUT2D eigenvalue weighted by atomic mass is 10.1. The van der Waals surface area contributed by atoms with E-state index in [0.29, 0.717) is 0 Å². The van der Waals surface area contributed by atoms with Gasteiger partial charge in [0.1, 0.15) is 4.60 Å². The Bertz CT molecular complexity index is 300. The summed E-state index contributed by atoms with van der Waals surface area (Å²) in [4.78, 5) is 4.36. The zero-order chi connectivity index (χ0) is 8.55. The van der Waals surface area contributed by atoms with Crippen molar-refractivity contribution in [2.75, 3.05) is 11.6 Å². The molecule has 0 unspecified atom stereocenters. The van der Waals surface area contributed by atoms with E-state index in [0.717, 1.165) is 35.4 Å². The van der Waals surface area contributed by atoms with E-state index in [1.807, 2.05) is 12.1 Å². The van der Waals surface area contributed by atoms with Crippen LogP contribution in [0.25, 0.3) is 0 Å². The molecule has 2 heterocycles. The number of hydrazine groups is 1. The number of halogens is 1. The minimum atomic E-state index is 0.886. The van der Waals surface area contributed by atoms with Gasteiger partial charge < -0.3 is 5.01 Å². The average Bonchev–Trinajstić information content (AvgIpc) is 2.04. The summed E-state index contributed by atoms with van der Waals surface area (Å²) >= 11 is 3.34. The molecule has 1 aliphatic rings. The van der Waals surface area contributed by atoms with Gasteiger partial charge in [-0.3, -0.25) is 0 Å². The van der Waals surface area contributed by atoms with E-state index in [1.165, 1.54) is 0 Å². The Balaban J connectivity index is 2.46. The largest absolute Gasteiger partial charge is 0.309 e. The van der Waals surface area contributed by atoms with E-state index in [4.69, 9.17) is 5.84 Å². The van der Waals surface area contributed by atoms with Crippen LogP contribution >= 0.6 is 15.9 Å². The highest BCUT2D eigenvalue weighted by molar-refractivity contribution is 9.10. The Morgan fingerprint density at radius 2 is 2.33 bits per heavy atom. The molecule has 0 aromatic carbocycles. The highest BCUT2D eigenvalue weighted by Gasteiger charge is 2.14. The molecule has 1 aromatic rings. The molecule has 0 fully saturated rings. The summed E-state index contributed by atoms with van der Waals surface area (Å²) in [6, 6.07) is 3.93. The van der Waals surface area contributed by atoms with Crippen molar-refractivity contribution in [2.24, 2.45) is 5.84 Å². The first-order valence-electron chi connectivity index (χ1n) is 3.95. The second-order valence-corrected chi connectivity index (χ2v) is 3.71. The summed E-state index contributed by atoms with van der Waals surface area (Å²) in [5.74, 6) is 5.77. The van der Waals surface area contributed by atoms with Crippen LogP contribution in [0.1, 0.15) is 12.1 Å². The Kier molecular flexibility index (Phi) is 2.02. The Hall–Kier alpha value is -0.610. The van der Waals surface area contributed by atoms with Gasteiger partial charge >= 0.3 is 0 Å². The van der Waals surface area contributed by atoms with Crippen LogP contribution in [0.2, 0.25) is 0 Å². The normalized spacial score (nSPS) is 16.0. The number of aryl methyl sites for hydroxylation is 1. The summed E-state index contributed by atoms with van der Waals surface area (Å²) in [5, 5.41) is 1.76. The quantitative estimate of drug-likeness (QED) is 0.540. The fourth-order valence-electron chi connectivity index (χ4n) is 1.45. The Morgan fingerprint density at radius 3 is 3.17 bits per heavy atom. The molecule has 0 aliphatic carbocycles. The molecular weight excluding hydrogens is 218 g/mol. The van der Waals surface area contributed by atoms with Crippen molar-refractivity contribution < 1.29 is 0 Å². The van der Waals surface area contributed by atoms with Gasteiger partial charge in [-0.15, -0.1) is 0 Å². The van der Waals surface area contributed by atoms with Crippen LogP contribution in [0.15, 0.2) is 16.7 Å². The molecule has 1 aromatic heterocycles. The van der Waals surface area contributed by atoms with Crippen molar-refractivity contribution in [1.82, 2.24) is 4.98 Å². The number of nitrogens with zero attached hydrogens (tertiary/aromatic N) is 2. The monoisotopic (exact) mass is 227 g/mol. The molecule has 0 saturated carbocycles. The molecule has 2 N–H and O–H groups in total. The molecule has 3 nitrogen and oxygen atoms in total. The summed E-state index contributed by atoms with van der Waals surface area (Å²) in [5.41, 5.74) is 2.16. The molecule has 64 valence electrons. The SMILES string of the molecule is NN1CCCc2nc(Br)ccc21. The maximum absolute atomic E-state index is 5.77. The minimum absolute atomic E-state index is 0.886. The summed E-state index contributed by atoms with van der Waals surface area (Å²) in [6.45, 7) is 0.927. The van der Waals surface area contributed by atoms with Gasteiger partial charge in [0.2, 0.25) is 0 Å². The van der Waals surface area contributed by atoms with Crippen LogP contribution in [0.5, 0.6) is 0 Å². The van der Waals surface area contributed by atoms with Gasteiger partial charge in [-0.1, -0.05) is 0 Å². The standard InChI is InChI=1S/C8H10BrN3/c9-8-4-3-7-6(11-8)2-1-5-12(7)10/h3-4H,1-2,5,10H2. The summed E-state index contributed by atoms with van der Waals surface area (Å²) < 4.78 is 0.886. The molecule has 2 rings (SSSR count). The third-order valence-corrected chi connectivity index (χ3v) is 2.48. The second kappa shape index (κ2) is 3.03. The zero-order valence-corrected chi connectivity index (χ0v) is 8.21. The number of pyridine rings is 1. The molecule has 0 atom stereocenters. The molecular formula is C8H10BrN3. The van der Waals surface area contributed by atoms with E-state index < -0.39 is 0 Å². The van der Waals surface area contributed by atoms with Crippen molar-refractivity contribution in [3.05, 3.63) is 22.4 Å². The number of hydrogen-bond acceptors (Lipinski definition) is 3. The number of rotatable bonds is 0. The van der Waals surface area contributed by atoms with Crippen molar-refractivity contribution in [1.29, 1.82) is 0 Å². The lowest BCUT2D eigenvalue weighted by Crippen LogP contribution is -2.35. The maximum Gasteiger partial charge on any atom is 0.106 e. The van der Waals surface area contributed by atoms with Crippen LogP contribution in [0, 0.1) is 0 Å². The van der Waals surface area contributed by atoms with Crippen LogP contribution in [-0.2, 0) is 6.42 Å². The number of fused-ring (bicyclic) bond motifs is 1. The van der Waals surface area contributed by atoms with Crippen molar-refractivity contribution in [2.45, 2.75) is 12.8 Å². The van der Waals surface area contributed by atoms with Gasteiger partial charge in [0.25, 0.3) is 0 Å². The fraction of sp³-hybridized carbons (Fsp3) is 0.375. The van der Waals surface area contributed by atoms with E-state index in [2.05, 4.69) is 20.9 Å². The van der Waals surface area contributed by atoms with E-state index in [9.17, 15) is 0 Å². The lowest BCUT2D eigenvalue weighted by molar-refractivity contribution is 0.696. The molecule has 4 heteroatoms. The predicted octanol–water partition coefficient (Wildman–Crippen LogP) is 1.47. The van der Waals surface area contributed by atoms with E-state index >= 15 is 0 Å². The van der Waals surface area contributed by atoms with Gasteiger partial charge in [0, 0.05) is 6.54 Å². The van der Waals surface area contributed by atoms with Crippen LogP contribution < -0.4 is 10.9 Å². The van der Waals surface area contributed by atoms with Gasteiger partial charge in [-0.2, -0.15) is 0 Å². The topological polar surface area (TPSA) is 42.1 Å². The van der Waals surface area contributed by atoms with E-state index in [1.54, 1.807) is 5.01 Å². The Labute approximate surface area is 79.7 Å². The zero-order valence-electron chi connectivity index (χ0n) is 6.63. The van der Waals surface area contributed by atoms with Gasteiger partial charge in [0.05, 0.1) is 11.4 Å². The van der Waals surface area contributed by atoms with Gasteiger partial charge in [-0.05, 0) is 40.9 Å². The summed E-state index contributed by atoms with van der Waals surface area (Å²) in [7, 11) is 0. The molecule has 0 saturated heterocycles. The number of nitrogens with two attached hydrogens (primary N) is 1. The molecule has 0 radical (unpaired) electrons. The average molecular weight is 228 g/mol. The molecule has 1 aliphatic heterocycles. The number of anilines is 1. The first-order valence-corrected chi connectivity index (χ1v) is 4.74. The number of aromatic nitrogens is 1. The second-order valence-electron chi connectivity index (χ2n) is 2.90. The third-order valence-electron chi connectivity index (χ3n) is 2.04. The minimum Gasteiger partial charge on any atom is -0.309 e. The van der Waals surface area contributed by atoms with Crippen LogP contribution in [0.4, 0.5) is 5.69 Å². The Morgan fingerprint density at radius 1 is 1.50 bits per heavy atom. The fourth-order valence-corrected chi connectivity index (χ4v) is 1.80. The summed E-state index contributed by atoms with van der Waals surface area (Å²) in [6.07, 6.45) is 2.12.